The fourth-order valence-electron chi connectivity index (χ4n) is 1.99. The molecule has 2 rings (SSSR count). The minimum absolute atomic E-state index is 0.0427. The number of nitrogens with two attached hydrogens (primary N) is 1. The van der Waals surface area contributed by atoms with Gasteiger partial charge < -0.3 is 10.6 Å². The molecule has 1 saturated heterocycles. The molecule has 8 heteroatoms. The maximum absolute atomic E-state index is 12.1. The fraction of sp³-hybridized carbons (Fsp3) is 0.667. The van der Waals surface area contributed by atoms with E-state index in [1.165, 1.54) is 6.20 Å². The summed E-state index contributed by atoms with van der Waals surface area (Å²) in [5, 5.41) is 6.28. The zero-order valence-electron chi connectivity index (χ0n) is 9.68. The largest absolute Gasteiger partial charge is 0.326 e. The van der Waals surface area contributed by atoms with Crippen molar-refractivity contribution in [3.63, 3.8) is 0 Å². The number of likely N-dealkylation sites (tertiary alicyclic amines) is 1. The highest BCUT2D eigenvalue weighted by molar-refractivity contribution is 7.89. The maximum Gasteiger partial charge on any atom is 0.258 e. The molecular formula is C9H17N5O2S. The molecule has 0 saturated carbocycles. The lowest BCUT2D eigenvalue weighted by Crippen LogP contribution is -2.37. The summed E-state index contributed by atoms with van der Waals surface area (Å²) in [6, 6.07) is -0.0427. The Morgan fingerprint density at radius 3 is 3.06 bits per heavy atom. The van der Waals surface area contributed by atoms with E-state index in [9.17, 15) is 8.42 Å². The smallest absolute Gasteiger partial charge is 0.258 e. The van der Waals surface area contributed by atoms with Crippen LogP contribution in [0.15, 0.2) is 11.2 Å². The van der Waals surface area contributed by atoms with Crippen LogP contribution in [0.2, 0.25) is 0 Å². The van der Waals surface area contributed by atoms with Gasteiger partial charge in [0.2, 0.25) is 0 Å². The van der Waals surface area contributed by atoms with E-state index >= 15 is 0 Å². The highest BCUT2D eigenvalue weighted by Crippen LogP contribution is 2.14. The number of nitrogens with one attached hydrogen (secondary N) is 2. The number of H-pyrrole nitrogens is 1. The highest BCUT2D eigenvalue weighted by Gasteiger charge is 2.27. The molecule has 1 aromatic heterocycles. The van der Waals surface area contributed by atoms with Crippen molar-refractivity contribution >= 4 is 10.0 Å². The Bertz CT molecular complexity index is 483. The van der Waals surface area contributed by atoms with E-state index in [4.69, 9.17) is 5.73 Å². The van der Waals surface area contributed by atoms with Gasteiger partial charge in [-0.2, -0.15) is 5.10 Å². The average Bonchev–Trinajstić information content (AvgIpc) is 2.86. The summed E-state index contributed by atoms with van der Waals surface area (Å²) in [6.07, 6.45) is 2.26. The molecule has 1 fully saturated rings. The van der Waals surface area contributed by atoms with E-state index in [1.807, 2.05) is 7.05 Å². The van der Waals surface area contributed by atoms with Gasteiger partial charge in [0.25, 0.3) is 10.0 Å². The van der Waals surface area contributed by atoms with Crippen LogP contribution in [-0.4, -0.2) is 49.7 Å². The Kier molecular flexibility index (Phi) is 3.48. The molecule has 1 aliphatic rings. The summed E-state index contributed by atoms with van der Waals surface area (Å²) in [7, 11) is -1.57. The number of hydrogen-bond acceptors (Lipinski definition) is 5. The second-order valence-corrected chi connectivity index (χ2v) is 5.95. The van der Waals surface area contributed by atoms with E-state index in [-0.39, 0.29) is 17.6 Å². The van der Waals surface area contributed by atoms with Crippen LogP contribution in [0.1, 0.15) is 12.0 Å². The van der Waals surface area contributed by atoms with Gasteiger partial charge in [0.15, 0.2) is 5.03 Å². The fourth-order valence-corrected chi connectivity index (χ4v) is 3.39. The van der Waals surface area contributed by atoms with Gasteiger partial charge in [-0.25, -0.2) is 13.1 Å². The summed E-state index contributed by atoms with van der Waals surface area (Å²) in [4.78, 5) is 2.09. The number of hydrogen-bond donors (Lipinski definition) is 3. The minimum atomic E-state index is -3.54. The molecule has 7 nitrogen and oxygen atoms in total. The van der Waals surface area contributed by atoms with Crippen molar-refractivity contribution in [1.29, 1.82) is 0 Å². The first-order valence-electron chi connectivity index (χ1n) is 5.46. The van der Waals surface area contributed by atoms with Crippen LogP contribution in [0, 0.1) is 0 Å². The van der Waals surface area contributed by atoms with Crippen LogP contribution < -0.4 is 10.5 Å². The lowest BCUT2D eigenvalue weighted by atomic mass is 10.3. The van der Waals surface area contributed by atoms with Crippen LogP contribution in [0.4, 0.5) is 0 Å². The van der Waals surface area contributed by atoms with Crippen LogP contribution >= 0.6 is 0 Å². The molecular weight excluding hydrogens is 242 g/mol. The molecule has 0 bridgehead atoms. The summed E-state index contributed by atoms with van der Waals surface area (Å²) < 4.78 is 26.8. The first-order chi connectivity index (χ1) is 8.03. The van der Waals surface area contributed by atoms with Gasteiger partial charge in [-0.1, -0.05) is 0 Å². The molecule has 4 N–H and O–H groups in total. The molecule has 1 unspecified atom stereocenters. The normalized spacial score (nSPS) is 22.1. The highest BCUT2D eigenvalue weighted by atomic mass is 32.2. The molecule has 1 atom stereocenters. The zero-order chi connectivity index (χ0) is 12.5. The first kappa shape index (κ1) is 12.5. The van der Waals surface area contributed by atoms with Crippen molar-refractivity contribution in [3.05, 3.63) is 11.8 Å². The van der Waals surface area contributed by atoms with Crippen LogP contribution in [0.3, 0.4) is 0 Å². The SMILES string of the molecule is CN1CCC(NS(=O)(=O)c2[nH]ncc2CN)C1. The predicted octanol–water partition coefficient (Wildman–Crippen LogP) is -1.15. The van der Waals surface area contributed by atoms with Gasteiger partial charge in [0.1, 0.15) is 0 Å². The molecule has 0 spiro atoms. The summed E-state index contributed by atoms with van der Waals surface area (Å²) in [5.74, 6) is 0. The van der Waals surface area contributed by atoms with Gasteiger partial charge >= 0.3 is 0 Å². The van der Waals surface area contributed by atoms with Crippen molar-refractivity contribution in [2.75, 3.05) is 20.1 Å². The molecule has 0 aliphatic carbocycles. The van der Waals surface area contributed by atoms with Crippen molar-refractivity contribution < 1.29 is 8.42 Å². The van der Waals surface area contributed by atoms with Crippen molar-refractivity contribution in [2.24, 2.45) is 5.73 Å². The molecule has 0 radical (unpaired) electrons. The van der Waals surface area contributed by atoms with Crippen LogP contribution in [-0.2, 0) is 16.6 Å². The van der Waals surface area contributed by atoms with E-state index in [0.29, 0.717) is 5.56 Å². The Balaban J connectivity index is 2.14. The molecule has 1 aliphatic heterocycles. The van der Waals surface area contributed by atoms with Gasteiger partial charge in [-0.15, -0.1) is 0 Å². The van der Waals surface area contributed by atoms with Gasteiger partial charge in [0.05, 0.1) is 6.20 Å². The summed E-state index contributed by atoms with van der Waals surface area (Å²) in [6.45, 7) is 1.78. The molecule has 2 heterocycles. The van der Waals surface area contributed by atoms with Gasteiger partial charge in [-0.3, -0.25) is 5.10 Å². The minimum Gasteiger partial charge on any atom is -0.326 e. The molecule has 96 valence electrons. The maximum atomic E-state index is 12.1. The second-order valence-electron chi connectivity index (χ2n) is 4.30. The van der Waals surface area contributed by atoms with Crippen molar-refractivity contribution in [3.8, 4) is 0 Å². The Morgan fingerprint density at radius 2 is 2.47 bits per heavy atom. The third kappa shape index (κ3) is 2.65. The van der Waals surface area contributed by atoms with Gasteiger partial charge in [0, 0.05) is 24.7 Å². The molecule has 0 aromatic carbocycles. The summed E-state index contributed by atoms with van der Waals surface area (Å²) >= 11 is 0. The lowest BCUT2D eigenvalue weighted by Gasteiger charge is -2.12. The second kappa shape index (κ2) is 4.73. The number of likely N-dealkylation sites (N-methyl/N-ethyl adjacent to an activating group) is 1. The zero-order valence-corrected chi connectivity index (χ0v) is 10.5. The number of rotatable bonds is 4. The molecule has 17 heavy (non-hydrogen) atoms. The third-order valence-corrected chi connectivity index (χ3v) is 4.41. The Labute approximate surface area is 100 Å². The van der Waals surface area contributed by atoms with E-state index in [2.05, 4.69) is 19.8 Å². The Morgan fingerprint density at radius 1 is 1.71 bits per heavy atom. The van der Waals surface area contributed by atoms with Crippen LogP contribution in [0.25, 0.3) is 0 Å². The number of nitrogens with zero attached hydrogens (tertiary/aromatic N) is 2. The van der Waals surface area contributed by atoms with E-state index in [0.717, 1.165) is 19.5 Å². The van der Waals surface area contributed by atoms with Crippen molar-refractivity contribution in [2.45, 2.75) is 24.0 Å². The number of aromatic nitrogens is 2. The van der Waals surface area contributed by atoms with Gasteiger partial charge in [-0.05, 0) is 20.0 Å². The average molecular weight is 259 g/mol. The lowest BCUT2D eigenvalue weighted by molar-refractivity contribution is 0.407. The third-order valence-electron chi connectivity index (χ3n) is 2.88. The molecule has 1 aromatic rings. The quantitative estimate of drug-likeness (QED) is 0.633. The monoisotopic (exact) mass is 259 g/mol. The number of aromatic amines is 1. The van der Waals surface area contributed by atoms with E-state index in [1.54, 1.807) is 0 Å². The topological polar surface area (TPSA) is 104 Å². The first-order valence-corrected chi connectivity index (χ1v) is 6.94. The van der Waals surface area contributed by atoms with Crippen LogP contribution in [0.5, 0.6) is 0 Å². The summed E-state index contributed by atoms with van der Waals surface area (Å²) in [5.41, 5.74) is 5.97. The standard InChI is InChI=1S/C9H17N5O2S/c1-14-3-2-8(6-14)13-17(15,16)9-7(4-10)5-11-12-9/h5,8,13H,2-4,6,10H2,1H3,(H,11,12). The molecule has 0 amide bonds. The van der Waals surface area contributed by atoms with E-state index < -0.39 is 10.0 Å². The predicted molar refractivity (Wildman–Crippen MR) is 62.7 cm³/mol. The Hall–Kier alpha value is -0.960. The number of sulfonamides is 1. The van der Waals surface area contributed by atoms with Crippen molar-refractivity contribution in [1.82, 2.24) is 19.8 Å².